The fourth-order valence-corrected chi connectivity index (χ4v) is 2.99. The van der Waals surface area contributed by atoms with E-state index in [2.05, 4.69) is 10.5 Å². The van der Waals surface area contributed by atoms with Gasteiger partial charge in [0.25, 0.3) is 0 Å². The van der Waals surface area contributed by atoms with Gasteiger partial charge in [-0.25, -0.2) is 4.79 Å². The Kier molecular flexibility index (Phi) is 7.54. The van der Waals surface area contributed by atoms with Gasteiger partial charge >= 0.3 is 5.97 Å². The second-order valence-electron chi connectivity index (χ2n) is 7.16. The Hall–Kier alpha value is -4.19. The van der Waals surface area contributed by atoms with E-state index < -0.39 is 5.97 Å². The Balaban J connectivity index is 1.98. The Bertz CT molecular complexity index is 1120. The summed E-state index contributed by atoms with van der Waals surface area (Å²) < 4.78 is 4.84. The van der Waals surface area contributed by atoms with E-state index in [0.717, 1.165) is 16.8 Å². The van der Waals surface area contributed by atoms with Gasteiger partial charge in [0.2, 0.25) is 0 Å². The lowest BCUT2D eigenvalue weighted by molar-refractivity contribution is -0.136. The van der Waals surface area contributed by atoms with Gasteiger partial charge in [-0.05, 0) is 12.1 Å². The number of nitrogens with one attached hydrogen (secondary N) is 1. The minimum atomic E-state index is -0.687. The molecule has 3 rings (SSSR count). The van der Waals surface area contributed by atoms with E-state index in [4.69, 9.17) is 4.74 Å². The molecule has 0 bridgehead atoms. The third-order valence-electron chi connectivity index (χ3n) is 4.73. The highest BCUT2D eigenvalue weighted by Gasteiger charge is 2.14. The highest BCUT2D eigenvalue weighted by atomic mass is 16.5. The van der Waals surface area contributed by atoms with Gasteiger partial charge in [0.05, 0.1) is 12.8 Å². The summed E-state index contributed by atoms with van der Waals surface area (Å²) in [7, 11) is 5.20. The summed E-state index contributed by atoms with van der Waals surface area (Å²) in [6, 6.07) is 26.2. The van der Waals surface area contributed by atoms with Crippen LogP contribution in [-0.2, 0) is 9.53 Å². The third-order valence-corrected chi connectivity index (χ3v) is 4.73. The molecule has 0 saturated heterocycles. The SMILES string of the molecule is COC(=O)/C(=C/C(=O)c1ccccc1)N/N=C(\c1ccccc1)c1ccc(N(C)C)cc1. The number of rotatable bonds is 8. The number of nitrogens with zero attached hydrogens (tertiary/aromatic N) is 2. The molecule has 162 valence electrons. The van der Waals surface area contributed by atoms with Crippen LogP contribution in [0.3, 0.4) is 0 Å². The molecule has 6 nitrogen and oxygen atoms in total. The number of carbonyl (C=O) groups excluding carboxylic acids is 2. The molecule has 0 aliphatic heterocycles. The quantitative estimate of drug-likeness (QED) is 0.193. The summed E-state index contributed by atoms with van der Waals surface area (Å²) in [6.45, 7) is 0. The van der Waals surface area contributed by atoms with Gasteiger partial charge in [0.1, 0.15) is 5.70 Å². The highest BCUT2D eigenvalue weighted by Crippen LogP contribution is 2.16. The van der Waals surface area contributed by atoms with Crippen LogP contribution in [0.1, 0.15) is 21.5 Å². The molecule has 0 unspecified atom stereocenters. The Morgan fingerprint density at radius 1 is 0.812 bits per heavy atom. The molecular weight excluding hydrogens is 402 g/mol. The van der Waals surface area contributed by atoms with E-state index in [0.29, 0.717) is 11.3 Å². The number of esters is 1. The van der Waals surface area contributed by atoms with Crippen LogP contribution in [0.25, 0.3) is 0 Å². The first-order valence-electron chi connectivity index (χ1n) is 10.1. The molecule has 0 spiro atoms. The van der Waals surface area contributed by atoms with Gasteiger partial charge in [-0.15, -0.1) is 0 Å². The number of ether oxygens (including phenoxy) is 1. The molecule has 3 aromatic carbocycles. The van der Waals surface area contributed by atoms with Gasteiger partial charge in [-0.2, -0.15) is 5.10 Å². The second kappa shape index (κ2) is 10.7. The zero-order valence-electron chi connectivity index (χ0n) is 18.3. The van der Waals surface area contributed by atoms with Gasteiger partial charge in [0, 0.05) is 42.5 Å². The summed E-state index contributed by atoms with van der Waals surface area (Å²) >= 11 is 0. The number of methoxy groups -OCH3 is 1. The molecule has 6 heteroatoms. The summed E-state index contributed by atoms with van der Waals surface area (Å²) in [5.74, 6) is -1.02. The van der Waals surface area contributed by atoms with Crippen LogP contribution in [0.2, 0.25) is 0 Å². The number of hydrogen-bond donors (Lipinski definition) is 1. The average Bonchev–Trinajstić information content (AvgIpc) is 2.84. The summed E-state index contributed by atoms with van der Waals surface area (Å²) in [4.78, 5) is 26.9. The van der Waals surface area contributed by atoms with Crippen molar-refractivity contribution in [3.05, 3.63) is 113 Å². The van der Waals surface area contributed by atoms with Crippen molar-refractivity contribution in [1.29, 1.82) is 0 Å². The molecule has 0 amide bonds. The average molecular weight is 428 g/mol. The van der Waals surface area contributed by atoms with Crippen molar-refractivity contribution in [2.75, 3.05) is 26.1 Å². The normalized spacial score (nSPS) is 11.6. The molecular formula is C26H25N3O3. The molecule has 32 heavy (non-hydrogen) atoms. The lowest BCUT2D eigenvalue weighted by atomic mass is 10.0. The Morgan fingerprint density at radius 2 is 1.34 bits per heavy atom. The van der Waals surface area contributed by atoms with Crippen LogP contribution in [-0.4, -0.2) is 38.7 Å². The van der Waals surface area contributed by atoms with Gasteiger partial charge < -0.3 is 9.64 Å². The van der Waals surface area contributed by atoms with E-state index >= 15 is 0 Å². The minimum Gasteiger partial charge on any atom is -0.464 e. The fourth-order valence-electron chi connectivity index (χ4n) is 2.99. The van der Waals surface area contributed by atoms with Gasteiger partial charge in [-0.3, -0.25) is 10.2 Å². The van der Waals surface area contributed by atoms with Crippen molar-refractivity contribution in [3.63, 3.8) is 0 Å². The molecule has 0 aliphatic rings. The molecule has 0 saturated carbocycles. The fraction of sp³-hybridized carbons (Fsp3) is 0.115. The molecule has 0 aliphatic carbocycles. The number of hydrogen-bond acceptors (Lipinski definition) is 6. The van der Waals surface area contributed by atoms with E-state index in [9.17, 15) is 9.59 Å². The number of benzene rings is 3. The molecule has 1 N–H and O–H groups in total. The maximum atomic E-state index is 12.6. The van der Waals surface area contributed by atoms with Crippen LogP contribution in [0.4, 0.5) is 5.69 Å². The lowest BCUT2D eigenvalue weighted by Crippen LogP contribution is -2.21. The van der Waals surface area contributed by atoms with Crippen molar-refractivity contribution in [3.8, 4) is 0 Å². The first-order valence-corrected chi connectivity index (χ1v) is 10.1. The topological polar surface area (TPSA) is 71.0 Å². The number of ketones is 1. The lowest BCUT2D eigenvalue weighted by Gasteiger charge is -2.14. The summed E-state index contributed by atoms with van der Waals surface area (Å²) in [6.07, 6.45) is 1.20. The summed E-state index contributed by atoms with van der Waals surface area (Å²) in [5, 5.41) is 4.49. The Morgan fingerprint density at radius 3 is 1.88 bits per heavy atom. The maximum absolute atomic E-state index is 12.6. The predicted molar refractivity (Wildman–Crippen MR) is 127 cm³/mol. The molecule has 0 heterocycles. The number of allylic oxidation sites excluding steroid dienone is 1. The number of anilines is 1. The van der Waals surface area contributed by atoms with Crippen LogP contribution in [0.5, 0.6) is 0 Å². The van der Waals surface area contributed by atoms with Gasteiger partial charge in [0.15, 0.2) is 5.78 Å². The van der Waals surface area contributed by atoms with Crippen molar-refractivity contribution in [1.82, 2.24) is 5.43 Å². The largest absolute Gasteiger partial charge is 0.464 e. The van der Waals surface area contributed by atoms with Crippen LogP contribution in [0, 0.1) is 0 Å². The van der Waals surface area contributed by atoms with E-state index in [-0.39, 0.29) is 11.5 Å². The van der Waals surface area contributed by atoms with Crippen LogP contribution < -0.4 is 10.3 Å². The van der Waals surface area contributed by atoms with Crippen LogP contribution >= 0.6 is 0 Å². The highest BCUT2D eigenvalue weighted by molar-refractivity contribution is 6.13. The van der Waals surface area contributed by atoms with Crippen molar-refractivity contribution in [2.45, 2.75) is 0 Å². The summed E-state index contributed by atoms with van der Waals surface area (Å²) in [5.41, 5.74) is 6.54. The van der Waals surface area contributed by atoms with Crippen molar-refractivity contribution < 1.29 is 14.3 Å². The van der Waals surface area contributed by atoms with Gasteiger partial charge in [-0.1, -0.05) is 72.8 Å². The van der Waals surface area contributed by atoms with E-state index in [1.807, 2.05) is 79.7 Å². The number of hydrazone groups is 1. The number of carbonyl (C=O) groups is 2. The minimum absolute atomic E-state index is 0.0558. The van der Waals surface area contributed by atoms with Crippen LogP contribution in [0.15, 0.2) is 102 Å². The second-order valence-corrected chi connectivity index (χ2v) is 7.16. The molecule has 3 aromatic rings. The Labute approximate surface area is 187 Å². The first-order chi connectivity index (χ1) is 15.5. The van der Waals surface area contributed by atoms with E-state index in [1.54, 1.807) is 24.3 Å². The zero-order chi connectivity index (χ0) is 22.9. The smallest absolute Gasteiger partial charge is 0.356 e. The molecule has 0 aromatic heterocycles. The van der Waals surface area contributed by atoms with Crippen molar-refractivity contribution >= 4 is 23.2 Å². The first kappa shape index (κ1) is 22.5. The monoisotopic (exact) mass is 427 g/mol. The molecule has 0 atom stereocenters. The molecule has 0 radical (unpaired) electrons. The third kappa shape index (κ3) is 5.70. The predicted octanol–water partition coefficient (Wildman–Crippen LogP) is 4.03. The standard InChI is InChI=1S/C26H25N3O3/c1-29(2)22-16-14-21(15-17-22)25(20-12-8-5-9-13-20)28-27-23(26(31)32-3)18-24(30)19-10-6-4-7-11-19/h4-18,27H,1-3H3/b23-18-,28-25+. The maximum Gasteiger partial charge on any atom is 0.356 e. The zero-order valence-corrected chi connectivity index (χ0v) is 18.3. The van der Waals surface area contributed by atoms with Crippen molar-refractivity contribution in [2.24, 2.45) is 5.10 Å². The van der Waals surface area contributed by atoms with E-state index in [1.165, 1.54) is 13.2 Å². The molecule has 0 fully saturated rings.